The van der Waals surface area contributed by atoms with E-state index < -0.39 is 0 Å². The minimum absolute atomic E-state index is 0.885. The van der Waals surface area contributed by atoms with Gasteiger partial charge in [-0.3, -0.25) is 0 Å². The second-order valence-electron chi connectivity index (χ2n) is 14.3. The summed E-state index contributed by atoms with van der Waals surface area (Å²) in [6.45, 7) is 13.5. The van der Waals surface area contributed by atoms with Crippen LogP contribution in [-0.2, 0) is 0 Å². The molecule has 41 heavy (non-hydrogen) atoms. The fourth-order valence-electron chi connectivity index (χ4n) is 6.46. The summed E-state index contributed by atoms with van der Waals surface area (Å²) in [5.41, 5.74) is 0. The van der Waals surface area contributed by atoms with Gasteiger partial charge in [-0.2, -0.15) is 0 Å². The number of unbranched alkanes of at least 4 members (excludes halogenated alkanes) is 28. The maximum atomic E-state index is 2.86. The van der Waals surface area contributed by atoms with Gasteiger partial charge in [-0.15, -0.1) is 0 Å². The van der Waals surface area contributed by atoms with Crippen molar-refractivity contribution in [1.29, 1.82) is 0 Å². The van der Waals surface area contributed by atoms with Crippen molar-refractivity contribution in [2.75, 3.05) is 19.6 Å². The Morgan fingerprint density at radius 3 is 0.756 bits per heavy atom. The van der Waals surface area contributed by atoms with E-state index in [0.717, 1.165) is 5.92 Å². The number of nitrogens with zero attached hydrogens (tertiary/aromatic N) is 1. The SMILES string of the molecule is CCCCCCCCCCCCCCN(CCCCCCCCCCCCCC)CCCCCCCCCC(C)C. The van der Waals surface area contributed by atoms with Crippen LogP contribution in [-0.4, -0.2) is 24.5 Å². The normalized spacial score (nSPS) is 11.9. The maximum Gasteiger partial charge on any atom is -0.00187 e. The number of rotatable bonds is 36. The molecule has 0 N–H and O–H groups in total. The van der Waals surface area contributed by atoms with Gasteiger partial charge in [0.1, 0.15) is 0 Å². The maximum absolute atomic E-state index is 2.86. The third-order valence-corrected chi connectivity index (χ3v) is 9.41. The predicted octanol–water partition coefficient (Wildman–Crippen LogP) is 14.5. The molecule has 0 aromatic carbocycles. The predicted molar refractivity (Wildman–Crippen MR) is 190 cm³/mol. The minimum atomic E-state index is 0.885. The Balaban J connectivity index is 3.90. The van der Waals surface area contributed by atoms with Crippen molar-refractivity contribution in [3.63, 3.8) is 0 Å². The van der Waals surface area contributed by atoms with Crippen LogP contribution in [0.3, 0.4) is 0 Å². The molecule has 0 fully saturated rings. The molecule has 0 saturated heterocycles. The zero-order chi connectivity index (χ0) is 29.9. The number of hydrogen-bond donors (Lipinski definition) is 0. The van der Waals surface area contributed by atoms with E-state index in [1.165, 1.54) is 225 Å². The molecule has 0 heterocycles. The third kappa shape index (κ3) is 36.1. The fraction of sp³-hybridized carbons (Fsp3) is 1.00. The molecule has 0 aliphatic rings. The Morgan fingerprint density at radius 2 is 0.512 bits per heavy atom. The zero-order valence-corrected chi connectivity index (χ0v) is 29.8. The molecule has 0 unspecified atom stereocenters. The molecular weight excluding hydrogens is 494 g/mol. The number of hydrogen-bond acceptors (Lipinski definition) is 1. The van der Waals surface area contributed by atoms with Crippen LogP contribution in [0.5, 0.6) is 0 Å². The highest BCUT2D eigenvalue weighted by molar-refractivity contribution is 4.61. The molecular formula is C40H83N. The highest BCUT2D eigenvalue weighted by atomic mass is 15.1. The monoisotopic (exact) mass is 578 g/mol. The summed E-state index contributed by atoms with van der Waals surface area (Å²) in [7, 11) is 0. The smallest absolute Gasteiger partial charge is 0.00187 e. The molecule has 0 aliphatic heterocycles. The van der Waals surface area contributed by atoms with Crippen LogP contribution in [0.25, 0.3) is 0 Å². The van der Waals surface area contributed by atoms with Gasteiger partial charge >= 0.3 is 0 Å². The molecule has 1 heteroatoms. The fourth-order valence-corrected chi connectivity index (χ4v) is 6.46. The van der Waals surface area contributed by atoms with E-state index in [0.29, 0.717) is 0 Å². The summed E-state index contributed by atoms with van der Waals surface area (Å²) >= 11 is 0. The van der Waals surface area contributed by atoms with E-state index in [9.17, 15) is 0 Å². The topological polar surface area (TPSA) is 3.24 Å². The molecule has 0 amide bonds. The van der Waals surface area contributed by atoms with Gasteiger partial charge in [0.2, 0.25) is 0 Å². The first-order valence-electron chi connectivity index (χ1n) is 19.9. The summed E-state index contributed by atoms with van der Waals surface area (Å²) in [5, 5.41) is 0. The first-order chi connectivity index (χ1) is 20.2. The van der Waals surface area contributed by atoms with Gasteiger partial charge in [0.05, 0.1) is 0 Å². The van der Waals surface area contributed by atoms with Crippen molar-refractivity contribution in [2.45, 2.75) is 233 Å². The Kier molecular flexibility index (Phi) is 36.1. The molecule has 248 valence electrons. The lowest BCUT2D eigenvalue weighted by Gasteiger charge is -2.22. The summed E-state index contributed by atoms with van der Waals surface area (Å²) in [6.07, 6.45) is 46.6. The van der Waals surface area contributed by atoms with Crippen LogP contribution in [0, 0.1) is 5.92 Å². The largest absolute Gasteiger partial charge is 0.303 e. The Morgan fingerprint density at radius 1 is 0.293 bits per heavy atom. The van der Waals surface area contributed by atoms with Gasteiger partial charge in [0.25, 0.3) is 0 Å². The second kappa shape index (κ2) is 36.2. The molecule has 0 spiro atoms. The molecule has 0 saturated carbocycles. The van der Waals surface area contributed by atoms with Gasteiger partial charge in [-0.05, 0) is 44.8 Å². The van der Waals surface area contributed by atoms with Crippen molar-refractivity contribution in [2.24, 2.45) is 5.92 Å². The highest BCUT2D eigenvalue weighted by Crippen LogP contribution is 2.16. The van der Waals surface area contributed by atoms with Crippen molar-refractivity contribution >= 4 is 0 Å². The van der Waals surface area contributed by atoms with E-state index >= 15 is 0 Å². The van der Waals surface area contributed by atoms with Gasteiger partial charge in [0, 0.05) is 0 Å². The first kappa shape index (κ1) is 41.0. The van der Waals surface area contributed by atoms with E-state index in [-0.39, 0.29) is 0 Å². The van der Waals surface area contributed by atoms with E-state index in [2.05, 4.69) is 32.6 Å². The molecule has 0 aromatic heterocycles. The van der Waals surface area contributed by atoms with Crippen LogP contribution in [0.1, 0.15) is 233 Å². The van der Waals surface area contributed by atoms with Gasteiger partial charge in [-0.25, -0.2) is 0 Å². The summed E-state index contributed by atoms with van der Waals surface area (Å²) < 4.78 is 0. The molecule has 0 atom stereocenters. The lowest BCUT2D eigenvalue weighted by Crippen LogP contribution is -2.27. The quantitative estimate of drug-likeness (QED) is 0.0669. The van der Waals surface area contributed by atoms with Gasteiger partial charge < -0.3 is 4.90 Å². The second-order valence-corrected chi connectivity index (χ2v) is 14.3. The zero-order valence-electron chi connectivity index (χ0n) is 29.8. The summed E-state index contributed by atoms with van der Waals surface area (Å²) in [4.78, 5) is 2.86. The summed E-state index contributed by atoms with van der Waals surface area (Å²) in [6, 6.07) is 0. The van der Waals surface area contributed by atoms with Crippen LogP contribution < -0.4 is 0 Å². The standard InChI is InChI=1S/C40H83N/c1-5-7-9-11-13-15-17-19-21-25-29-33-37-41(39-35-31-27-23-24-28-32-36-40(3)4)38-34-30-26-22-20-18-16-14-12-10-8-6-2/h40H,5-39H2,1-4H3. The lowest BCUT2D eigenvalue weighted by atomic mass is 10.0. The van der Waals surface area contributed by atoms with E-state index in [1.807, 2.05) is 0 Å². The van der Waals surface area contributed by atoms with Gasteiger partial charge in [-0.1, -0.05) is 214 Å². The average Bonchev–Trinajstić information content (AvgIpc) is 2.96. The van der Waals surface area contributed by atoms with Crippen LogP contribution in [0.15, 0.2) is 0 Å². The Hall–Kier alpha value is -0.0400. The van der Waals surface area contributed by atoms with Crippen molar-refractivity contribution in [1.82, 2.24) is 4.90 Å². The first-order valence-corrected chi connectivity index (χ1v) is 19.9. The molecule has 0 radical (unpaired) electrons. The molecule has 0 bridgehead atoms. The van der Waals surface area contributed by atoms with E-state index in [4.69, 9.17) is 0 Å². The van der Waals surface area contributed by atoms with Crippen LogP contribution >= 0.6 is 0 Å². The minimum Gasteiger partial charge on any atom is -0.303 e. The summed E-state index contributed by atoms with van der Waals surface area (Å²) in [5.74, 6) is 0.885. The Bertz CT molecular complexity index is 416. The van der Waals surface area contributed by atoms with Crippen molar-refractivity contribution in [3.8, 4) is 0 Å². The Labute approximate surface area is 263 Å². The van der Waals surface area contributed by atoms with Crippen molar-refractivity contribution < 1.29 is 0 Å². The van der Waals surface area contributed by atoms with Crippen molar-refractivity contribution in [3.05, 3.63) is 0 Å². The molecule has 1 nitrogen and oxygen atoms in total. The van der Waals surface area contributed by atoms with E-state index in [1.54, 1.807) is 0 Å². The van der Waals surface area contributed by atoms with Gasteiger partial charge in [0.15, 0.2) is 0 Å². The van der Waals surface area contributed by atoms with Crippen LogP contribution in [0.2, 0.25) is 0 Å². The molecule has 0 aliphatic carbocycles. The highest BCUT2D eigenvalue weighted by Gasteiger charge is 2.05. The molecule has 0 rings (SSSR count). The van der Waals surface area contributed by atoms with Crippen LogP contribution in [0.4, 0.5) is 0 Å². The molecule has 0 aromatic rings. The average molecular weight is 578 g/mol. The third-order valence-electron chi connectivity index (χ3n) is 9.41. The lowest BCUT2D eigenvalue weighted by molar-refractivity contribution is 0.254.